The minimum atomic E-state index is -0.273. The van der Waals surface area contributed by atoms with Gasteiger partial charge in [0, 0.05) is 24.9 Å². The zero-order valence-electron chi connectivity index (χ0n) is 24.2. The molecule has 5 heteroatoms. The molecule has 0 radical (unpaired) electrons. The maximum Gasteiger partial charge on any atom is 0.305 e. The predicted octanol–water partition coefficient (Wildman–Crippen LogP) is 8.12. The second kappa shape index (κ2) is 15.9. The molecule has 2 fully saturated rings. The summed E-state index contributed by atoms with van der Waals surface area (Å²) in [4.78, 5) is 20.7. The van der Waals surface area contributed by atoms with Crippen LogP contribution in [0.5, 0.6) is 0 Å². The summed E-state index contributed by atoms with van der Waals surface area (Å²) in [6, 6.07) is 0. The Hall–Kier alpha value is -1.13. The lowest BCUT2D eigenvalue weighted by atomic mass is 9.94. The van der Waals surface area contributed by atoms with Gasteiger partial charge < -0.3 is 9.84 Å². The van der Waals surface area contributed by atoms with Crippen molar-refractivity contribution in [2.24, 2.45) is 34.5 Å². The zero-order chi connectivity index (χ0) is 27.4. The summed E-state index contributed by atoms with van der Waals surface area (Å²) in [5.41, 5.74) is 3.27. The molecule has 1 N–H and O–H groups in total. The zero-order valence-corrected chi connectivity index (χ0v) is 24.9. The first-order valence-corrected chi connectivity index (χ1v) is 13.7. The van der Waals surface area contributed by atoms with E-state index in [-0.39, 0.29) is 22.0 Å². The molecule has 2 aliphatic rings. The number of aliphatic hydroxyl groups is 1. The Balaban J connectivity index is 0.000000567. The lowest BCUT2D eigenvalue weighted by molar-refractivity contribution is -0.145. The molecule has 2 aliphatic carbocycles. The minimum Gasteiger partial charge on any atom is -0.465 e. The Bertz CT molecular complexity index is 720. The van der Waals surface area contributed by atoms with Crippen LogP contribution in [0, 0.1) is 34.5 Å². The number of halogens is 1. The molecule has 2 saturated carbocycles. The Kier molecular flexibility index (Phi) is 15.4. The minimum absolute atomic E-state index is 0.0752. The highest BCUT2D eigenvalue weighted by Crippen LogP contribution is 2.57. The van der Waals surface area contributed by atoms with E-state index in [9.17, 15) is 9.59 Å². The van der Waals surface area contributed by atoms with Crippen LogP contribution in [-0.2, 0) is 14.3 Å². The molecule has 4 nitrogen and oxygen atoms in total. The molecule has 0 amide bonds. The average molecular weight is 513 g/mol. The van der Waals surface area contributed by atoms with Gasteiger partial charge in [0.2, 0.25) is 5.24 Å². The van der Waals surface area contributed by atoms with Crippen LogP contribution in [0.1, 0.15) is 108 Å². The van der Waals surface area contributed by atoms with E-state index in [1.165, 1.54) is 30.4 Å². The summed E-state index contributed by atoms with van der Waals surface area (Å²) in [5.74, 6) is 2.80. The number of hydrogen-bond donors (Lipinski definition) is 1. The largest absolute Gasteiger partial charge is 0.465 e. The first-order valence-electron chi connectivity index (χ1n) is 13.4. The predicted molar refractivity (Wildman–Crippen MR) is 148 cm³/mol. The Morgan fingerprint density at radius 2 is 1.31 bits per heavy atom. The highest BCUT2D eigenvalue weighted by atomic mass is 35.5. The third kappa shape index (κ3) is 13.7. The van der Waals surface area contributed by atoms with Gasteiger partial charge in [-0.1, -0.05) is 64.8 Å². The van der Waals surface area contributed by atoms with Gasteiger partial charge in [0.25, 0.3) is 0 Å². The normalized spacial score (nSPS) is 27.5. The van der Waals surface area contributed by atoms with Crippen LogP contribution >= 0.6 is 11.6 Å². The van der Waals surface area contributed by atoms with Gasteiger partial charge in [0.1, 0.15) is 0 Å². The molecule has 0 saturated heterocycles. The van der Waals surface area contributed by atoms with E-state index in [4.69, 9.17) is 21.4 Å². The van der Waals surface area contributed by atoms with E-state index < -0.39 is 0 Å². The summed E-state index contributed by atoms with van der Waals surface area (Å²) in [7, 11) is 0. The molecule has 0 heterocycles. The molecular formula is C30H53ClO4. The fourth-order valence-corrected chi connectivity index (χ4v) is 4.53. The first-order chi connectivity index (χ1) is 16.1. The molecule has 0 spiro atoms. The number of ether oxygens (including phenoxy) is 1. The van der Waals surface area contributed by atoms with Crippen LogP contribution in [0.2, 0.25) is 0 Å². The van der Waals surface area contributed by atoms with Crippen molar-refractivity contribution in [2.45, 2.75) is 108 Å². The number of allylic oxidation sites excluding steroid dienone is 4. The number of carbonyl (C=O) groups excluding carboxylic acids is 2. The molecular weight excluding hydrogens is 460 g/mol. The Morgan fingerprint density at radius 3 is 1.63 bits per heavy atom. The van der Waals surface area contributed by atoms with Crippen molar-refractivity contribution < 1.29 is 19.4 Å². The molecule has 35 heavy (non-hydrogen) atoms. The standard InChI is InChI=1S/C15H26O2.C12H22O.C3H5ClO/c1-6-14(16)17-10-15(5)9-13(15)12(4)8-7-11(2)3;1-9(2)5-6-10(3)11-7-12(11,4)8-13;1-2-3(4)5/h7,12-13H,6,8-10H2,1-5H3;5,10-11,13H,6-8H2,1-4H3;2H2,1H3/t12-,13-,15-;10-,11-,12-;/m11./s1. The van der Waals surface area contributed by atoms with Crippen LogP contribution < -0.4 is 0 Å². The van der Waals surface area contributed by atoms with Crippen LogP contribution in [0.25, 0.3) is 0 Å². The molecule has 0 aliphatic heterocycles. The van der Waals surface area contributed by atoms with Gasteiger partial charge >= 0.3 is 5.97 Å². The summed E-state index contributed by atoms with van der Waals surface area (Å²) in [6.45, 7) is 22.1. The monoisotopic (exact) mass is 512 g/mol. The molecule has 0 aromatic heterocycles. The Labute approximate surface area is 220 Å². The lowest BCUT2D eigenvalue weighted by Crippen LogP contribution is -2.15. The lowest BCUT2D eigenvalue weighted by Gasteiger charge is -2.15. The summed E-state index contributed by atoms with van der Waals surface area (Å²) in [6.07, 6.45) is 10.2. The van der Waals surface area contributed by atoms with Crippen LogP contribution in [-0.4, -0.2) is 29.5 Å². The number of esters is 1. The highest BCUT2D eigenvalue weighted by molar-refractivity contribution is 6.63. The maximum atomic E-state index is 11.1. The molecule has 2 rings (SSSR count). The summed E-state index contributed by atoms with van der Waals surface area (Å²) in [5, 5.41) is 8.87. The van der Waals surface area contributed by atoms with Crippen LogP contribution in [0.3, 0.4) is 0 Å². The molecule has 0 bridgehead atoms. The van der Waals surface area contributed by atoms with Gasteiger partial charge in [-0.2, -0.15) is 0 Å². The third-order valence-electron chi connectivity index (χ3n) is 7.50. The summed E-state index contributed by atoms with van der Waals surface area (Å²) >= 11 is 4.82. The molecule has 0 aromatic carbocycles. The first kappa shape index (κ1) is 33.9. The fourth-order valence-electron chi connectivity index (χ4n) is 4.53. The van der Waals surface area contributed by atoms with Crippen molar-refractivity contribution in [1.29, 1.82) is 0 Å². The smallest absolute Gasteiger partial charge is 0.305 e. The number of aliphatic hydroxyl groups excluding tert-OH is 1. The van der Waals surface area contributed by atoms with Crippen molar-refractivity contribution in [3.05, 3.63) is 23.3 Å². The van der Waals surface area contributed by atoms with Gasteiger partial charge in [-0.05, 0) is 94.1 Å². The van der Waals surface area contributed by atoms with E-state index in [1.54, 1.807) is 6.92 Å². The molecule has 6 atom stereocenters. The SMILES string of the molecule is CC(C)=CC[C@@H](C)[C@H]1C[C@]1(C)CO.CCC(=O)Cl.CCC(=O)OC[C@@]1(C)C[C@@H]1[C@H](C)CC=C(C)C. The van der Waals surface area contributed by atoms with E-state index in [1.807, 2.05) is 6.92 Å². The van der Waals surface area contributed by atoms with Gasteiger partial charge in [0.15, 0.2) is 0 Å². The molecule has 0 unspecified atom stereocenters. The van der Waals surface area contributed by atoms with Crippen LogP contribution in [0.4, 0.5) is 0 Å². The number of carbonyl (C=O) groups is 2. The highest BCUT2D eigenvalue weighted by Gasteiger charge is 2.53. The van der Waals surface area contributed by atoms with Gasteiger partial charge in [-0.15, -0.1) is 0 Å². The van der Waals surface area contributed by atoms with Crippen molar-refractivity contribution in [3.8, 4) is 0 Å². The number of hydrogen-bond acceptors (Lipinski definition) is 4. The second-order valence-corrected chi connectivity index (χ2v) is 12.2. The van der Waals surface area contributed by atoms with Crippen molar-refractivity contribution in [1.82, 2.24) is 0 Å². The van der Waals surface area contributed by atoms with E-state index >= 15 is 0 Å². The molecule has 204 valence electrons. The van der Waals surface area contributed by atoms with E-state index in [0.717, 1.165) is 18.3 Å². The maximum absolute atomic E-state index is 11.1. The second-order valence-electron chi connectivity index (χ2n) is 11.8. The Morgan fingerprint density at radius 1 is 0.914 bits per heavy atom. The summed E-state index contributed by atoms with van der Waals surface area (Å²) < 4.78 is 5.27. The fraction of sp³-hybridized carbons (Fsp3) is 0.800. The van der Waals surface area contributed by atoms with Crippen molar-refractivity contribution in [3.63, 3.8) is 0 Å². The van der Waals surface area contributed by atoms with E-state index in [0.29, 0.717) is 37.9 Å². The topological polar surface area (TPSA) is 63.6 Å². The van der Waals surface area contributed by atoms with Gasteiger partial charge in [0.05, 0.1) is 6.61 Å². The van der Waals surface area contributed by atoms with E-state index in [2.05, 4.69) is 67.5 Å². The van der Waals surface area contributed by atoms with Crippen molar-refractivity contribution >= 4 is 22.8 Å². The quantitative estimate of drug-likeness (QED) is 0.172. The average Bonchev–Trinajstić information content (AvgIpc) is 3.69. The van der Waals surface area contributed by atoms with Gasteiger partial charge in [-0.3, -0.25) is 9.59 Å². The van der Waals surface area contributed by atoms with Crippen LogP contribution in [0.15, 0.2) is 23.3 Å². The third-order valence-corrected chi connectivity index (χ3v) is 7.77. The van der Waals surface area contributed by atoms with Gasteiger partial charge in [-0.25, -0.2) is 0 Å². The van der Waals surface area contributed by atoms with Crippen molar-refractivity contribution in [2.75, 3.05) is 13.2 Å². The number of rotatable bonds is 11. The molecule has 0 aromatic rings.